The van der Waals surface area contributed by atoms with Crippen molar-refractivity contribution in [3.8, 4) is 0 Å². The molecule has 24 heavy (non-hydrogen) atoms. The molecular weight excluding hydrogens is 322 g/mol. The number of pyridine rings is 1. The van der Waals surface area contributed by atoms with Crippen LogP contribution in [0.5, 0.6) is 0 Å². The Hall–Kier alpha value is -1.91. The lowest BCUT2D eigenvalue weighted by Gasteiger charge is -2.31. The summed E-state index contributed by atoms with van der Waals surface area (Å²) in [6.07, 6.45) is 3.63. The van der Waals surface area contributed by atoms with Gasteiger partial charge in [0, 0.05) is 25.2 Å². The minimum atomic E-state index is 0.119. The highest BCUT2D eigenvalue weighted by atomic mass is 35.5. The molecule has 0 radical (unpaired) electrons. The van der Waals surface area contributed by atoms with Crippen molar-refractivity contribution >= 4 is 17.5 Å². The summed E-state index contributed by atoms with van der Waals surface area (Å²) in [5.41, 5.74) is 2.30. The van der Waals surface area contributed by atoms with Crippen molar-refractivity contribution < 1.29 is 4.79 Å². The first kappa shape index (κ1) is 16.9. The van der Waals surface area contributed by atoms with Gasteiger partial charge < -0.3 is 5.32 Å². The lowest BCUT2D eigenvalue weighted by molar-refractivity contribution is -0.126. The monoisotopic (exact) mass is 343 g/mol. The molecule has 0 atom stereocenters. The molecule has 1 saturated heterocycles. The Morgan fingerprint density at radius 3 is 2.54 bits per heavy atom. The third-order valence-electron chi connectivity index (χ3n) is 4.46. The van der Waals surface area contributed by atoms with Gasteiger partial charge in [-0.25, -0.2) is 4.98 Å². The quantitative estimate of drug-likeness (QED) is 0.847. The lowest BCUT2D eigenvalue weighted by Crippen LogP contribution is -2.40. The number of halogens is 1. The highest BCUT2D eigenvalue weighted by Crippen LogP contribution is 2.19. The largest absolute Gasteiger partial charge is 0.352 e. The van der Waals surface area contributed by atoms with E-state index in [9.17, 15) is 4.79 Å². The maximum Gasteiger partial charge on any atom is 0.223 e. The summed E-state index contributed by atoms with van der Waals surface area (Å²) in [6, 6.07) is 13.9. The van der Waals surface area contributed by atoms with Crippen LogP contribution < -0.4 is 5.32 Å². The number of rotatable bonds is 5. The van der Waals surface area contributed by atoms with Gasteiger partial charge in [0.15, 0.2) is 0 Å². The summed E-state index contributed by atoms with van der Waals surface area (Å²) in [7, 11) is 0. The van der Waals surface area contributed by atoms with Crippen LogP contribution >= 0.6 is 11.6 Å². The van der Waals surface area contributed by atoms with Gasteiger partial charge in [-0.1, -0.05) is 48.0 Å². The zero-order chi connectivity index (χ0) is 16.8. The molecule has 0 unspecified atom stereocenters. The summed E-state index contributed by atoms with van der Waals surface area (Å²) in [6.45, 7) is 3.34. The zero-order valence-corrected chi connectivity index (χ0v) is 14.4. The van der Waals surface area contributed by atoms with E-state index in [1.165, 1.54) is 0 Å². The van der Waals surface area contributed by atoms with Crippen LogP contribution in [0.3, 0.4) is 0 Å². The molecule has 3 rings (SSSR count). The van der Waals surface area contributed by atoms with Crippen molar-refractivity contribution in [1.82, 2.24) is 15.2 Å². The summed E-state index contributed by atoms with van der Waals surface area (Å²) < 4.78 is 0. The smallest absolute Gasteiger partial charge is 0.223 e. The van der Waals surface area contributed by atoms with Gasteiger partial charge in [0.05, 0.1) is 0 Å². The number of amides is 1. The van der Waals surface area contributed by atoms with Crippen LogP contribution in [-0.2, 0) is 17.9 Å². The van der Waals surface area contributed by atoms with E-state index in [1.54, 1.807) is 0 Å². The Bertz CT molecular complexity index is 652. The molecule has 0 aliphatic carbocycles. The number of benzene rings is 1. The molecule has 1 fully saturated rings. The number of nitrogens with zero attached hydrogens (tertiary/aromatic N) is 2. The molecular formula is C19H22ClN3O. The summed E-state index contributed by atoms with van der Waals surface area (Å²) in [4.78, 5) is 18.8. The normalized spacial score (nSPS) is 16.0. The van der Waals surface area contributed by atoms with Crippen LogP contribution in [0.1, 0.15) is 24.0 Å². The van der Waals surface area contributed by atoms with E-state index in [0.29, 0.717) is 11.7 Å². The number of hydrogen-bond donors (Lipinski definition) is 1. The van der Waals surface area contributed by atoms with E-state index in [4.69, 9.17) is 11.6 Å². The van der Waals surface area contributed by atoms with Crippen LogP contribution in [-0.4, -0.2) is 28.9 Å². The highest BCUT2D eigenvalue weighted by molar-refractivity contribution is 6.29. The molecule has 2 aromatic rings. The van der Waals surface area contributed by atoms with Crippen molar-refractivity contribution in [2.24, 2.45) is 5.92 Å². The van der Waals surface area contributed by atoms with Crippen molar-refractivity contribution in [3.05, 3.63) is 64.9 Å². The molecule has 1 aliphatic rings. The number of nitrogens with one attached hydrogen (secondary N) is 1. The van der Waals surface area contributed by atoms with E-state index >= 15 is 0 Å². The van der Waals surface area contributed by atoms with Gasteiger partial charge in [0.2, 0.25) is 5.91 Å². The van der Waals surface area contributed by atoms with E-state index < -0.39 is 0 Å². The molecule has 0 spiro atoms. The summed E-state index contributed by atoms with van der Waals surface area (Å²) >= 11 is 5.81. The topological polar surface area (TPSA) is 45.2 Å². The van der Waals surface area contributed by atoms with Crippen molar-refractivity contribution in [2.75, 3.05) is 13.1 Å². The third kappa shape index (κ3) is 4.79. The first-order valence-corrected chi connectivity index (χ1v) is 8.73. The van der Waals surface area contributed by atoms with E-state index in [1.807, 2.05) is 48.7 Å². The van der Waals surface area contributed by atoms with Gasteiger partial charge in [-0.3, -0.25) is 9.69 Å². The number of piperidine rings is 1. The average molecular weight is 344 g/mol. The number of carbonyl (C=O) groups is 1. The molecule has 4 nitrogen and oxygen atoms in total. The van der Waals surface area contributed by atoms with Gasteiger partial charge in [-0.05, 0) is 43.1 Å². The average Bonchev–Trinajstić information content (AvgIpc) is 2.63. The minimum absolute atomic E-state index is 0.119. The fourth-order valence-electron chi connectivity index (χ4n) is 3.04. The van der Waals surface area contributed by atoms with Gasteiger partial charge in [0.25, 0.3) is 0 Å². The second-order valence-corrected chi connectivity index (χ2v) is 6.63. The second kappa shape index (κ2) is 8.27. The van der Waals surface area contributed by atoms with Gasteiger partial charge >= 0.3 is 0 Å². The number of carbonyl (C=O) groups excluding carboxylic acids is 1. The Kier molecular flexibility index (Phi) is 5.83. The van der Waals surface area contributed by atoms with E-state index in [0.717, 1.165) is 43.6 Å². The predicted octanol–water partition coefficient (Wildman–Crippen LogP) is 3.26. The highest BCUT2D eigenvalue weighted by Gasteiger charge is 2.24. The summed E-state index contributed by atoms with van der Waals surface area (Å²) in [5.74, 6) is 0.292. The maximum atomic E-state index is 12.3. The standard InChI is InChI=1S/C19H22ClN3O/c20-18-7-6-16(13-21-18)14-23-10-8-17(9-11-23)19(24)22-12-15-4-2-1-3-5-15/h1-7,13,17H,8-12,14H2,(H,22,24). The first-order chi connectivity index (χ1) is 11.7. The zero-order valence-electron chi connectivity index (χ0n) is 13.6. The Labute approximate surface area is 147 Å². The van der Waals surface area contributed by atoms with Gasteiger partial charge in [0.1, 0.15) is 5.15 Å². The van der Waals surface area contributed by atoms with Crippen LogP contribution in [0.25, 0.3) is 0 Å². The van der Waals surface area contributed by atoms with Gasteiger partial charge in [-0.15, -0.1) is 0 Å². The van der Waals surface area contributed by atoms with E-state index in [2.05, 4.69) is 15.2 Å². The molecule has 1 aromatic carbocycles. The molecule has 126 valence electrons. The van der Waals surface area contributed by atoms with Crippen LogP contribution in [0.15, 0.2) is 48.7 Å². The first-order valence-electron chi connectivity index (χ1n) is 8.35. The second-order valence-electron chi connectivity index (χ2n) is 6.24. The van der Waals surface area contributed by atoms with Gasteiger partial charge in [-0.2, -0.15) is 0 Å². The molecule has 5 heteroatoms. The van der Waals surface area contributed by atoms with Crippen molar-refractivity contribution in [3.63, 3.8) is 0 Å². The summed E-state index contributed by atoms with van der Waals surface area (Å²) in [5, 5.41) is 3.58. The number of hydrogen-bond acceptors (Lipinski definition) is 3. The van der Waals surface area contributed by atoms with Crippen LogP contribution in [0.2, 0.25) is 5.15 Å². The fraction of sp³-hybridized carbons (Fsp3) is 0.368. The molecule has 0 saturated carbocycles. The number of aromatic nitrogens is 1. The van der Waals surface area contributed by atoms with E-state index in [-0.39, 0.29) is 11.8 Å². The minimum Gasteiger partial charge on any atom is -0.352 e. The third-order valence-corrected chi connectivity index (χ3v) is 4.69. The Morgan fingerprint density at radius 2 is 1.88 bits per heavy atom. The predicted molar refractivity (Wildman–Crippen MR) is 95.5 cm³/mol. The maximum absolute atomic E-state index is 12.3. The Balaban J connectivity index is 1.42. The molecule has 1 N–H and O–H groups in total. The SMILES string of the molecule is O=C(NCc1ccccc1)C1CCN(Cc2ccc(Cl)nc2)CC1. The Morgan fingerprint density at radius 1 is 1.12 bits per heavy atom. The van der Waals surface area contributed by atoms with Crippen molar-refractivity contribution in [2.45, 2.75) is 25.9 Å². The van der Waals surface area contributed by atoms with Crippen LogP contribution in [0.4, 0.5) is 0 Å². The fourth-order valence-corrected chi connectivity index (χ4v) is 3.15. The molecule has 1 amide bonds. The van der Waals surface area contributed by atoms with Crippen molar-refractivity contribution in [1.29, 1.82) is 0 Å². The number of likely N-dealkylation sites (tertiary alicyclic amines) is 1. The van der Waals surface area contributed by atoms with Crippen LogP contribution in [0, 0.1) is 5.92 Å². The lowest BCUT2D eigenvalue weighted by atomic mass is 9.95. The molecule has 0 bridgehead atoms. The molecule has 1 aliphatic heterocycles. The molecule has 1 aromatic heterocycles. The molecule has 2 heterocycles.